The first-order valence-corrected chi connectivity index (χ1v) is 8.44. The molecule has 0 spiro atoms. The fraction of sp³-hybridized carbons (Fsp3) is 0.250. The van der Waals surface area contributed by atoms with E-state index in [2.05, 4.69) is 23.7 Å². The molecule has 3 rings (SSSR count). The molecule has 6 heteroatoms. The van der Waals surface area contributed by atoms with Gasteiger partial charge in [-0.15, -0.1) is 0 Å². The van der Waals surface area contributed by atoms with Gasteiger partial charge in [-0.1, -0.05) is 12.1 Å². The zero-order valence-corrected chi connectivity index (χ0v) is 15.2. The average molecular weight is 351 g/mol. The minimum atomic E-state index is -0.737. The third-order valence-corrected chi connectivity index (χ3v) is 4.30. The van der Waals surface area contributed by atoms with Crippen LogP contribution in [0.3, 0.4) is 0 Å². The molecule has 1 aromatic carbocycles. The van der Waals surface area contributed by atoms with E-state index in [0.717, 1.165) is 21.7 Å². The van der Waals surface area contributed by atoms with Crippen molar-refractivity contribution in [2.45, 2.75) is 33.7 Å². The number of amides is 4. The number of aromatic nitrogens is 1. The highest BCUT2D eigenvalue weighted by Gasteiger charge is 2.36. The summed E-state index contributed by atoms with van der Waals surface area (Å²) in [7, 11) is 0. The number of imide groups is 2. The van der Waals surface area contributed by atoms with Crippen molar-refractivity contribution < 1.29 is 14.4 Å². The van der Waals surface area contributed by atoms with Gasteiger partial charge >= 0.3 is 6.03 Å². The maximum atomic E-state index is 12.9. The number of benzene rings is 1. The highest BCUT2D eigenvalue weighted by Crippen LogP contribution is 2.23. The van der Waals surface area contributed by atoms with E-state index in [1.807, 2.05) is 32.2 Å². The van der Waals surface area contributed by atoms with Gasteiger partial charge in [-0.2, -0.15) is 0 Å². The van der Waals surface area contributed by atoms with E-state index < -0.39 is 17.8 Å². The molecule has 0 atom stereocenters. The lowest BCUT2D eigenvalue weighted by atomic mass is 10.1. The van der Waals surface area contributed by atoms with Crippen molar-refractivity contribution >= 4 is 29.6 Å². The number of hydrogen-bond donors (Lipinski definition) is 1. The Morgan fingerprint density at radius 3 is 2.42 bits per heavy atom. The van der Waals surface area contributed by atoms with Crippen molar-refractivity contribution in [3.8, 4) is 0 Å². The van der Waals surface area contributed by atoms with Crippen molar-refractivity contribution in [2.24, 2.45) is 0 Å². The number of rotatable bonds is 3. The normalized spacial score (nSPS) is 16.6. The van der Waals surface area contributed by atoms with Crippen molar-refractivity contribution in [2.75, 3.05) is 4.90 Å². The van der Waals surface area contributed by atoms with Crippen molar-refractivity contribution in [3.05, 3.63) is 58.9 Å². The van der Waals surface area contributed by atoms with Crippen LogP contribution in [-0.4, -0.2) is 22.4 Å². The van der Waals surface area contributed by atoms with Crippen LogP contribution in [0, 0.1) is 13.8 Å². The Bertz CT molecular complexity index is 938. The predicted octanol–water partition coefficient (Wildman–Crippen LogP) is 3.35. The molecule has 1 aliphatic heterocycles. The van der Waals surface area contributed by atoms with E-state index in [1.165, 1.54) is 6.08 Å². The summed E-state index contributed by atoms with van der Waals surface area (Å²) in [6.07, 6.45) is 3.42. The standard InChI is InChI=1S/C20H21N3O3/c1-12(2)22-11-15(9-14(22)4)10-17-18(24)21-20(26)23(19(17)25)16-7-5-6-13(3)8-16/h5-12H,1-4H3,(H,21,24,26)/b17-10-. The van der Waals surface area contributed by atoms with E-state index in [4.69, 9.17) is 0 Å². The molecule has 0 unspecified atom stereocenters. The summed E-state index contributed by atoms with van der Waals surface area (Å²) >= 11 is 0. The van der Waals surface area contributed by atoms with Crippen LogP contribution in [-0.2, 0) is 9.59 Å². The van der Waals surface area contributed by atoms with Crippen LogP contribution in [0.25, 0.3) is 6.08 Å². The predicted molar refractivity (Wildman–Crippen MR) is 99.7 cm³/mol. The first-order valence-electron chi connectivity index (χ1n) is 8.44. The maximum absolute atomic E-state index is 12.9. The van der Waals surface area contributed by atoms with Gasteiger partial charge in [0, 0.05) is 17.9 Å². The summed E-state index contributed by atoms with van der Waals surface area (Å²) in [5.41, 5.74) is 3.05. The molecule has 0 aliphatic carbocycles. The maximum Gasteiger partial charge on any atom is 0.335 e. The van der Waals surface area contributed by atoms with Crippen LogP contribution in [0.5, 0.6) is 0 Å². The van der Waals surface area contributed by atoms with Crippen molar-refractivity contribution in [3.63, 3.8) is 0 Å². The Balaban J connectivity index is 2.01. The van der Waals surface area contributed by atoms with Gasteiger partial charge in [0.05, 0.1) is 5.69 Å². The molecule has 1 fully saturated rings. The molecule has 134 valence electrons. The van der Waals surface area contributed by atoms with Gasteiger partial charge in [-0.25, -0.2) is 9.69 Å². The van der Waals surface area contributed by atoms with Crippen LogP contribution in [0.2, 0.25) is 0 Å². The minimum absolute atomic E-state index is 0.0630. The number of urea groups is 1. The number of barbiturate groups is 1. The molecular formula is C20H21N3O3. The Kier molecular flexibility index (Phi) is 4.50. The minimum Gasteiger partial charge on any atom is -0.349 e. The molecule has 0 radical (unpaired) electrons. The number of nitrogens with zero attached hydrogens (tertiary/aromatic N) is 2. The molecule has 6 nitrogen and oxygen atoms in total. The summed E-state index contributed by atoms with van der Waals surface area (Å²) in [6.45, 7) is 7.95. The molecule has 4 amide bonds. The monoisotopic (exact) mass is 351 g/mol. The second-order valence-corrected chi connectivity index (χ2v) is 6.71. The smallest absolute Gasteiger partial charge is 0.335 e. The van der Waals surface area contributed by atoms with Crippen LogP contribution in [0.15, 0.2) is 42.1 Å². The molecule has 2 heterocycles. The number of anilines is 1. The number of carbonyl (C=O) groups excluding carboxylic acids is 3. The van der Waals surface area contributed by atoms with Crippen molar-refractivity contribution in [1.82, 2.24) is 9.88 Å². The third-order valence-electron chi connectivity index (χ3n) is 4.30. The lowest BCUT2D eigenvalue weighted by Crippen LogP contribution is -2.54. The second kappa shape index (κ2) is 6.63. The first-order chi connectivity index (χ1) is 12.3. The summed E-state index contributed by atoms with van der Waals surface area (Å²) in [5.74, 6) is -1.31. The summed E-state index contributed by atoms with van der Waals surface area (Å²) in [5, 5.41) is 2.24. The molecular weight excluding hydrogens is 330 g/mol. The second-order valence-electron chi connectivity index (χ2n) is 6.71. The Hall–Kier alpha value is -3.15. The third kappa shape index (κ3) is 3.18. The van der Waals surface area contributed by atoms with E-state index >= 15 is 0 Å². The van der Waals surface area contributed by atoms with E-state index in [1.54, 1.807) is 18.2 Å². The van der Waals surface area contributed by atoms with E-state index in [9.17, 15) is 14.4 Å². The molecule has 26 heavy (non-hydrogen) atoms. The topological polar surface area (TPSA) is 71.4 Å². The zero-order chi connectivity index (χ0) is 19.0. The Labute approximate surface area is 152 Å². The fourth-order valence-electron chi connectivity index (χ4n) is 3.08. The molecule has 2 aromatic rings. The number of carbonyl (C=O) groups is 3. The largest absolute Gasteiger partial charge is 0.349 e. The summed E-state index contributed by atoms with van der Waals surface area (Å²) in [4.78, 5) is 38.3. The van der Waals surface area contributed by atoms with Gasteiger partial charge in [0.1, 0.15) is 5.57 Å². The van der Waals surface area contributed by atoms with Gasteiger partial charge in [-0.3, -0.25) is 14.9 Å². The molecule has 0 bridgehead atoms. The highest BCUT2D eigenvalue weighted by atomic mass is 16.2. The Morgan fingerprint density at radius 1 is 1.08 bits per heavy atom. The van der Waals surface area contributed by atoms with E-state index in [-0.39, 0.29) is 11.6 Å². The van der Waals surface area contributed by atoms with Gasteiger partial charge in [0.2, 0.25) is 0 Å². The van der Waals surface area contributed by atoms with Gasteiger partial charge < -0.3 is 4.57 Å². The first kappa shape index (κ1) is 17.7. The zero-order valence-electron chi connectivity index (χ0n) is 15.2. The number of aryl methyl sites for hydroxylation is 2. The molecule has 1 aliphatic rings. The lowest BCUT2D eigenvalue weighted by molar-refractivity contribution is -0.122. The van der Waals surface area contributed by atoms with Crippen LogP contribution < -0.4 is 10.2 Å². The SMILES string of the molecule is Cc1cccc(N2C(=O)NC(=O)/C(=C/c3cc(C)n(C(C)C)c3)C2=O)c1. The molecule has 1 saturated heterocycles. The quantitative estimate of drug-likeness (QED) is 0.681. The van der Waals surface area contributed by atoms with Crippen LogP contribution >= 0.6 is 0 Å². The highest BCUT2D eigenvalue weighted by molar-refractivity contribution is 6.39. The van der Waals surface area contributed by atoms with Crippen LogP contribution in [0.4, 0.5) is 10.5 Å². The molecule has 1 aromatic heterocycles. The van der Waals surface area contributed by atoms with Crippen LogP contribution in [0.1, 0.15) is 36.7 Å². The molecule has 0 saturated carbocycles. The van der Waals surface area contributed by atoms with Gasteiger partial charge in [-0.05, 0) is 63.1 Å². The molecule has 1 N–H and O–H groups in total. The Morgan fingerprint density at radius 2 is 1.81 bits per heavy atom. The average Bonchev–Trinajstić information content (AvgIpc) is 2.92. The number of hydrogen-bond acceptors (Lipinski definition) is 3. The van der Waals surface area contributed by atoms with Gasteiger partial charge in [0.25, 0.3) is 11.8 Å². The fourth-order valence-corrected chi connectivity index (χ4v) is 3.08. The summed E-state index contributed by atoms with van der Waals surface area (Å²) in [6, 6.07) is 8.46. The lowest BCUT2D eigenvalue weighted by Gasteiger charge is -2.26. The van der Waals surface area contributed by atoms with Gasteiger partial charge in [0.15, 0.2) is 0 Å². The van der Waals surface area contributed by atoms with E-state index in [0.29, 0.717) is 5.69 Å². The van der Waals surface area contributed by atoms with Crippen molar-refractivity contribution in [1.29, 1.82) is 0 Å². The summed E-state index contributed by atoms with van der Waals surface area (Å²) < 4.78 is 2.06. The number of nitrogens with one attached hydrogen (secondary N) is 1.